The van der Waals surface area contributed by atoms with Gasteiger partial charge in [-0.15, -0.1) is 0 Å². The van der Waals surface area contributed by atoms with Gasteiger partial charge >= 0.3 is 0 Å². The van der Waals surface area contributed by atoms with E-state index >= 15 is 0 Å². The van der Waals surface area contributed by atoms with Gasteiger partial charge in [-0.25, -0.2) is 9.98 Å². The Morgan fingerprint density at radius 2 is 2.00 bits per heavy atom. The van der Waals surface area contributed by atoms with Crippen LogP contribution in [-0.2, 0) is 6.61 Å². The van der Waals surface area contributed by atoms with E-state index in [4.69, 9.17) is 14.5 Å². The number of methoxy groups -OCH3 is 1. The molecule has 0 saturated carbocycles. The first-order chi connectivity index (χ1) is 12.6. The van der Waals surface area contributed by atoms with Crippen molar-refractivity contribution in [2.75, 3.05) is 7.11 Å². The maximum absolute atomic E-state index is 5.84. The molecule has 1 aromatic heterocycles. The summed E-state index contributed by atoms with van der Waals surface area (Å²) < 4.78 is 11.1. The van der Waals surface area contributed by atoms with E-state index in [9.17, 15) is 0 Å². The third kappa shape index (κ3) is 3.22. The molecule has 26 heavy (non-hydrogen) atoms. The monoisotopic (exact) mass is 364 g/mol. The van der Waals surface area contributed by atoms with Crippen LogP contribution >= 0.6 is 11.3 Å². The van der Waals surface area contributed by atoms with Crippen molar-refractivity contribution in [3.05, 3.63) is 58.5 Å². The van der Waals surface area contributed by atoms with Crippen molar-refractivity contribution >= 4 is 22.7 Å². The van der Waals surface area contributed by atoms with Gasteiger partial charge in [0.2, 0.25) is 5.13 Å². The van der Waals surface area contributed by atoms with Gasteiger partial charge in [0, 0.05) is 17.8 Å². The topological polar surface area (TPSA) is 43.7 Å². The SMILES string of the molecule is COc1ccc2c(c1)OCc1sc(N=Cc3ccc(C(C)C)cc3)nc1-2. The lowest BCUT2D eigenvalue weighted by Crippen LogP contribution is -2.03. The van der Waals surface area contributed by atoms with E-state index in [2.05, 4.69) is 43.1 Å². The standard InChI is InChI=1S/C21H20N2O2S/c1-13(2)15-6-4-14(5-7-15)11-22-21-23-20-17-9-8-16(24-3)10-18(17)25-12-19(20)26-21/h4-11,13H,12H2,1-3H3. The first-order valence-corrected chi connectivity index (χ1v) is 9.40. The van der Waals surface area contributed by atoms with Crippen LogP contribution in [-0.4, -0.2) is 18.3 Å². The van der Waals surface area contributed by atoms with Gasteiger partial charge in [-0.1, -0.05) is 49.4 Å². The molecule has 0 atom stereocenters. The third-order valence-electron chi connectivity index (χ3n) is 4.42. The number of hydrogen-bond acceptors (Lipinski definition) is 5. The zero-order valence-electron chi connectivity index (χ0n) is 15.0. The predicted molar refractivity (Wildman–Crippen MR) is 106 cm³/mol. The van der Waals surface area contributed by atoms with Crippen LogP contribution in [0.1, 0.15) is 35.8 Å². The van der Waals surface area contributed by atoms with Gasteiger partial charge in [0.25, 0.3) is 0 Å². The van der Waals surface area contributed by atoms with E-state index in [1.54, 1.807) is 18.4 Å². The second-order valence-corrected chi connectivity index (χ2v) is 7.56. The van der Waals surface area contributed by atoms with Crippen molar-refractivity contribution in [3.8, 4) is 22.8 Å². The average Bonchev–Trinajstić information content (AvgIpc) is 3.09. The Labute approximate surface area is 157 Å². The van der Waals surface area contributed by atoms with Crippen LogP contribution < -0.4 is 9.47 Å². The van der Waals surface area contributed by atoms with E-state index in [0.29, 0.717) is 12.5 Å². The highest BCUT2D eigenvalue weighted by molar-refractivity contribution is 7.15. The fourth-order valence-electron chi connectivity index (χ4n) is 2.89. The highest BCUT2D eigenvalue weighted by atomic mass is 32.1. The summed E-state index contributed by atoms with van der Waals surface area (Å²) in [5, 5.41) is 0.746. The summed E-state index contributed by atoms with van der Waals surface area (Å²) in [6.07, 6.45) is 1.87. The molecule has 2 heterocycles. The van der Waals surface area contributed by atoms with Gasteiger partial charge in [0.1, 0.15) is 18.1 Å². The van der Waals surface area contributed by atoms with Gasteiger partial charge in [0.05, 0.1) is 17.7 Å². The average molecular weight is 364 g/mol. The van der Waals surface area contributed by atoms with E-state index in [-0.39, 0.29) is 0 Å². The molecule has 0 unspecified atom stereocenters. The number of thiazole rings is 1. The minimum atomic E-state index is 0.520. The number of aliphatic imine (C=N–C) groups is 1. The molecule has 1 aliphatic rings. The van der Waals surface area contributed by atoms with E-state index in [1.807, 2.05) is 24.4 Å². The number of ether oxygens (including phenoxy) is 2. The molecule has 0 spiro atoms. The molecular formula is C21H20N2O2S. The second kappa shape index (κ2) is 6.92. The summed E-state index contributed by atoms with van der Waals surface area (Å²) in [6, 6.07) is 14.3. The zero-order valence-corrected chi connectivity index (χ0v) is 15.8. The lowest BCUT2D eigenvalue weighted by atomic mass is 10.0. The number of rotatable bonds is 4. The third-order valence-corrected chi connectivity index (χ3v) is 5.35. The number of hydrogen-bond donors (Lipinski definition) is 0. The molecule has 0 fully saturated rings. The Morgan fingerprint density at radius 1 is 1.19 bits per heavy atom. The molecule has 0 N–H and O–H groups in total. The molecule has 0 bridgehead atoms. The van der Waals surface area contributed by atoms with E-state index in [0.717, 1.165) is 38.3 Å². The highest BCUT2D eigenvalue weighted by Crippen LogP contribution is 2.42. The summed E-state index contributed by atoms with van der Waals surface area (Å²) in [7, 11) is 1.65. The summed E-state index contributed by atoms with van der Waals surface area (Å²) >= 11 is 1.57. The van der Waals surface area contributed by atoms with Crippen LogP contribution in [0, 0.1) is 0 Å². The Balaban J connectivity index is 1.59. The van der Waals surface area contributed by atoms with Crippen LogP contribution in [0.15, 0.2) is 47.5 Å². The maximum Gasteiger partial charge on any atom is 0.210 e. The van der Waals surface area contributed by atoms with Crippen molar-refractivity contribution in [1.29, 1.82) is 0 Å². The van der Waals surface area contributed by atoms with Gasteiger partial charge in [0.15, 0.2) is 0 Å². The Hall–Kier alpha value is -2.66. The fourth-order valence-corrected chi connectivity index (χ4v) is 3.72. The largest absolute Gasteiger partial charge is 0.497 e. The minimum absolute atomic E-state index is 0.520. The number of nitrogens with zero attached hydrogens (tertiary/aromatic N) is 2. The van der Waals surface area contributed by atoms with Crippen molar-refractivity contribution in [3.63, 3.8) is 0 Å². The molecule has 1 aliphatic heterocycles. The van der Waals surface area contributed by atoms with Crippen molar-refractivity contribution in [1.82, 2.24) is 4.98 Å². The molecule has 5 heteroatoms. The van der Waals surface area contributed by atoms with Gasteiger partial charge in [-0.2, -0.15) is 0 Å². The first kappa shape index (κ1) is 16.8. The number of benzene rings is 2. The summed E-state index contributed by atoms with van der Waals surface area (Å²) in [4.78, 5) is 10.4. The summed E-state index contributed by atoms with van der Waals surface area (Å²) in [5.74, 6) is 2.12. The zero-order chi connectivity index (χ0) is 18.1. The Morgan fingerprint density at radius 3 is 2.73 bits per heavy atom. The van der Waals surface area contributed by atoms with E-state index < -0.39 is 0 Å². The molecule has 132 valence electrons. The molecule has 0 amide bonds. The van der Waals surface area contributed by atoms with Crippen LogP contribution in [0.3, 0.4) is 0 Å². The van der Waals surface area contributed by atoms with Gasteiger partial charge in [-0.3, -0.25) is 0 Å². The first-order valence-electron chi connectivity index (χ1n) is 8.59. The van der Waals surface area contributed by atoms with Gasteiger partial charge < -0.3 is 9.47 Å². The van der Waals surface area contributed by atoms with Crippen molar-refractivity contribution in [2.45, 2.75) is 26.4 Å². The second-order valence-electron chi connectivity index (χ2n) is 6.50. The normalized spacial score (nSPS) is 12.8. The van der Waals surface area contributed by atoms with Crippen molar-refractivity contribution < 1.29 is 9.47 Å². The summed E-state index contributed by atoms with van der Waals surface area (Å²) in [5.41, 5.74) is 4.35. The number of fused-ring (bicyclic) bond motifs is 3. The highest BCUT2D eigenvalue weighted by Gasteiger charge is 2.22. The minimum Gasteiger partial charge on any atom is -0.497 e. The molecule has 4 nitrogen and oxygen atoms in total. The molecule has 4 rings (SSSR count). The Bertz CT molecular complexity index is 959. The van der Waals surface area contributed by atoms with Crippen LogP contribution in [0.5, 0.6) is 11.5 Å². The lowest BCUT2D eigenvalue weighted by Gasteiger charge is -2.16. The Kier molecular flexibility index (Phi) is 4.47. The van der Waals surface area contributed by atoms with Crippen LogP contribution in [0.25, 0.3) is 11.3 Å². The molecule has 0 radical (unpaired) electrons. The van der Waals surface area contributed by atoms with Crippen molar-refractivity contribution in [2.24, 2.45) is 4.99 Å². The number of aromatic nitrogens is 1. The molecular weight excluding hydrogens is 344 g/mol. The predicted octanol–water partition coefficient (Wildman–Crippen LogP) is 5.59. The lowest BCUT2D eigenvalue weighted by molar-refractivity contribution is 0.303. The molecule has 0 aliphatic carbocycles. The molecule has 2 aromatic carbocycles. The summed E-state index contributed by atoms with van der Waals surface area (Å²) in [6.45, 7) is 4.91. The maximum atomic E-state index is 5.84. The fraction of sp³-hybridized carbons (Fsp3) is 0.238. The van der Waals surface area contributed by atoms with Crippen LogP contribution in [0.2, 0.25) is 0 Å². The molecule has 0 saturated heterocycles. The van der Waals surface area contributed by atoms with Crippen LogP contribution in [0.4, 0.5) is 5.13 Å². The van der Waals surface area contributed by atoms with Gasteiger partial charge in [-0.05, 0) is 29.2 Å². The smallest absolute Gasteiger partial charge is 0.210 e. The van der Waals surface area contributed by atoms with E-state index in [1.165, 1.54) is 5.56 Å². The molecule has 3 aromatic rings. The quantitative estimate of drug-likeness (QED) is 0.567.